The van der Waals surface area contributed by atoms with Crippen molar-refractivity contribution >= 4 is 34.5 Å². The van der Waals surface area contributed by atoms with E-state index in [9.17, 15) is 19.2 Å². The van der Waals surface area contributed by atoms with E-state index in [0.717, 1.165) is 22.9 Å². The number of hydrogen-bond donors (Lipinski definition) is 4. The maximum Gasteiger partial charge on any atom is 0.251 e. The number of fused-ring (bicyclic) bond motifs is 1. The molecule has 0 radical (unpaired) electrons. The molecule has 4 amide bonds. The first-order valence-corrected chi connectivity index (χ1v) is 13.3. The third-order valence-corrected chi connectivity index (χ3v) is 6.66. The first kappa shape index (κ1) is 29.4. The summed E-state index contributed by atoms with van der Waals surface area (Å²) in [5, 5.41) is 9.12. The Morgan fingerprint density at radius 1 is 0.821 bits per heavy atom. The average Bonchev–Trinajstić information content (AvgIpc) is 3.33. The quantitative estimate of drug-likeness (QED) is 0.286. The van der Waals surface area contributed by atoms with Crippen LogP contribution in [0.4, 0.5) is 0 Å². The lowest BCUT2D eigenvalue weighted by molar-refractivity contribution is -0.136. The van der Waals surface area contributed by atoms with Crippen molar-refractivity contribution in [3.8, 4) is 0 Å². The van der Waals surface area contributed by atoms with Crippen LogP contribution >= 0.6 is 0 Å². The molecule has 0 spiro atoms. The summed E-state index contributed by atoms with van der Waals surface area (Å²) >= 11 is 0. The van der Waals surface area contributed by atoms with E-state index < -0.39 is 29.9 Å². The second kappa shape index (κ2) is 13.6. The molecule has 1 aromatic heterocycles. The molecule has 4 N–H and O–H groups in total. The van der Waals surface area contributed by atoms with Crippen molar-refractivity contribution in [2.75, 3.05) is 13.6 Å². The molecule has 3 rings (SSSR count). The van der Waals surface area contributed by atoms with Crippen molar-refractivity contribution in [2.24, 2.45) is 5.92 Å². The molecule has 1 heterocycles. The van der Waals surface area contributed by atoms with Crippen LogP contribution in [0.15, 0.2) is 60.8 Å². The maximum atomic E-state index is 13.4. The van der Waals surface area contributed by atoms with Gasteiger partial charge in [-0.1, -0.05) is 50.2 Å². The number of aromatic nitrogens is 1. The summed E-state index contributed by atoms with van der Waals surface area (Å²) in [4.78, 5) is 56.5. The Morgan fingerprint density at radius 2 is 1.44 bits per heavy atom. The first-order chi connectivity index (χ1) is 18.6. The van der Waals surface area contributed by atoms with Crippen LogP contribution in [0.2, 0.25) is 0 Å². The van der Waals surface area contributed by atoms with Gasteiger partial charge in [0.1, 0.15) is 18.1 Å². The number of likely N-dealkylation sites (N-methyl/N-ethyl adjacent to an activating group) is 1. The lowest BCUT2D eigenvalue weighted by Gasteiger charge is -2.27. The lowest BCUT2D eigenvalue weighted by atomic mass is 10.0. The third-order valence-electron chi connectivity index (χ3n) is 6.66. The zero-order valence-corrected chi connectivity index (χ0v) is 23.3. The Balaban J connectivity index is 1.67. The van der Waals surface area contributed by atoms with E-state index in [2.05, 4.69) is 34.8 Å². The Labute approximate surface area is 229 Å². The van der Waals surface area contributed by atoms with Crippen molar-refractivity contribution < 1.29 is 19.2 Å². The Morgan fingerprint density at radius 3 is 2.13 bits per heavy atom. The summed E-state index contributed by atoms with van der Waals surface area (Å²) in [7, 11) is 1.74. The predicted octanol–water partition coefficient (Wildman–Crippen LogP) is 3.02. The number of carbonyl (C=O) groups excluding carboxylic acids is 4. The van der Waals surface area contributed by atoms with Gasteiger partial charge in [-0.25, -0.2) is 0 Å². The smallest absolute Gasteiger partial charge is 0.251 e. The molecule has 0 saturated carbocycles. The van der Waals surface area contributed by atoms with Gasteiger partial charge in [0, 0.05) is 42.7 Å². The summed E-state index contributed by atoms with van der Waals surface area (Å²) in [6.45, 7) is 7.86. The highest BCUT2D eigenvalue weighted by Crippen LogP contribution is 2.20. The molecule has 0 saturated heterocycles. The Kier molecular flexibility index (Phi) is 10.3. The van der Waals surface area contributed by atoms with Crippen molar-refractivity contribution in [2.45, 2.75) is 58.7 Å². The van der Waals surface area contributed by atoms with Crippen molar-refractivity contribution in [3.05, 3.63) is 71.9 Å². The van der Waals surface area contributed by atoms with Gasteiger partial charge in [-0.15, -0.1) is 0 Å². The molecule has 2 aromatic carbocycles. The standard InChI is InChI=1S/C30H39N5O4/c1-19(2)15-16-35(5)30(39)26(17-23-18-31-25-14-10-9-13-24(23)25)34-28(37)21(4)32-27(36)20(3)33-29(38)22-11-7-6-8-12-22/h6-14,18-21,26,31H,15-17H2,1-5H3,(H,32,36)(H,33,38)(H,34,37)/t20-,21-,26+/m0/s1. The average molecular weight is 534 g/mol. The van der Waals surface area contributed by atoms with Crippen LogP contribution in [-0.2, 0) is 20.8 Å². The second-order valence-corrected chi connectivity index (χ2v) is 10.4. The summed E-state index contributed by atoms with van der Waals surface area (Å²) in [6.07, 6.45) is 2.99. The number of nitrogens with one attached hydrogen (secondary N) is 4. The predicted molar refractivity (Wildman–Crippen MR) is 152 cm³/mol. The highest BCUT2D eigenvalue weighted by molar-refractivity contribution is 5.98. The number of rotatable bonds is 12. The van der Waals surface area contributed by atoms with E-state index in [0.29, 0.717) is 24.4 Å². The fourth-order valence-corrected chi connectivity index (χ4v) is 4.18. The molecule has 9 heteroatoms. The minimum Gasteiger partial charge on any atom is -0.361 e. The maximum absolute atomic E-state index is 13.4. The van der Waals surface area contributed by atoms with Gasteiger partial charge in [0.15, 0.2) is 0 Å². The van der Waals surface area contributed by atoms with Gasteiger partial charge in [-0.2, -0.15) is 0 Å². The summed E-state index contributed by atoms with van der Waals surface area (Å²) in [6, 6.07) is 13.8. The van der Waals surface area contributed by atoms with Gasteiger partial charge in [-0.05, 0) is 49.9 Å². The van der Waals surface area contributed by atoms with Crippen LogP contribution in [0.1, 0.15) is 50.0 Å². The molecular formula is C30H39N5O4. The highest BCUT2D eigenvalue weighted by atomic mass is 16.2. The molecule has 0 unspecified atom stereocenters. The first-order valence-electron chi connectivity index (χ1n) is 13.3. The topological polar surface area (TPSA) is 123 Å². The number of aromatic amines is 1. The third kappa shape index (κ3) is 8.17. The molecule has 9 nitrogen and oxygen atoms in total. The molecule has 39 heavy (non-hydrogen) atoms. The summed E-state index contributed by atoms with van der Waals surface area (Å²) in [5.41, 5.74) is 2.30. The van der Waals surface area contributed by atoms with Gasteiger partial charge in [0.05, 0.1) is 0 Å². The monoisotopic (exact) mass is 533 g/mol. The molecule has 0 fully saturated rings. The molecule has 0 aliphatic heterocycles. The Hall–Kier alpha value is -4.14. The van der Waals surface area contributed by atoms with Crippen LogP contribution in [0.25, 0.3) is 10.9 Å². The van der Waals surface area contributed by atoms with E-state index >= 15 is 0 Å². The van der Waals surface area contributed by atoms with E-state index in [4.69, 9.17) is 0 Å². The largest absolute Gasteiger partial charge is 0.361 e. The van der Waals surface area contributed by atoms with Crippen LogP contribution in [0.5, 0.6) is 0 Å². The molecule has 0 aliphatic rings. The minimum absolute atomic E-state index is 0.198. The van der Waals surface area contributed by atoms with Gasteiger partial charge >= 0.3 is 0 Å². The SMILES string of the molecule is CC(C)CCN(C)C(=O)[C@@H](Cc1c[nH]c2ccccc12)NC(=O)[C@H](C)NC(=O)[C@H](C)NC(=O)c1ccccc1. The van der Waals surface area contributed by atoms with Crippen molar-refractivity contribution in [1.29, 1.82) is 0 Å². The van der Waals surface area contributed by atoms with E-state index in [1.807, 2.05) is 30.5 Å². The van der Waals surface area contributed by atoms with Crippen LogP contribution in [0.3, 0.4) is 0 Å². The van der Waals surface area contributed by atoms with Crippen molar-refractivity contribution in [3.63, 3.8) is 0 Å². The lowest BCUT2D eigenvalue weighted by Crippen LogP contribution is -2.56. The Bertz CT molecular complexity index is 1290. The van der Waals surface area contributed by atoms with E-state index in [1.165, 1.54) is 0 Å². The number of amides is 4. The summed E-state index contributed by atoms with van der Waals surface area (Å²) < 4.78 is 0. The van der Waals surface area contributed by atoms with Gasteiger partial charge in [0.25, 0.3) is 5.91 Å². The zero-order valence-electron chi connectivity index (χ0n) is 23.3. The van der Waals surface area contributed by atoms with Crippen LogP contribution in [-0.4, -0.2) is 65.2 Å². The molecular weight excluding hydrogens is 494 g/mol. The fraction of sp³-hybridized carbons (Fsp3) is 0.400. The fourth-order valence-electron chi connectivity index (χ4n) is 4.18. The number of H-pyrrole nitrogens is 1. The zero-order chi connectivity index (χ0) is 28.5. The number of para-hydroxylation sites is 1. The molecule has 0 bridgehead atoms. The van der Waals surface area contributed by atoms with Crippen LogP contribution in [0, 0.1) is 5.92 Å². The highest BCUT2D eigenvalue weighted by Gasteiger charge is 2.28. The minimum atomic E-state index is -0.923. The van der Waals surface area contributed by atoms with Crippen molar-refractivity contribution in [1.82, 2.24) is 25.8 Å². The normalized spacial score (nSPS) is 13.4. The van der Waals surface area contributed by atoms with E-state index in [1.54, 1.807) is 56.1 Å². The number of nitrogens with zero attached hydrogens (tertiary/aromatic N) is 1. The van der Waals surface area contributed by atoms with Gasteiger partial charge in [-0.3, -0.25) is 19.2 Å². The molecule has 3 aromatic rings. The second-order valence-electron chi connectivity index (χ2n) is 10.4. The number of benzene rings is 2. The van der Waals surface area contributed by atoms with Gasteiger partial charge in [0.2, 0.25) is 17.7 Å². The van der Waals surface area contributed by atoms with E-state index in [-0.39, 0.29) is 11.8 Å². The molecule has 208 valence electrons. The van der Waals surface area contributed by atoms with Crippen LogP contribution < -0.4 is 16.0 Å². The molecule has 3 atom stereocenters. The molecule has 0 aliphatic carbocycles. The van der Waals surface area contributed by atoms with Gasteiger partial charge < -0.3 is 25.8 Å². The number of carbonyl (C=O) groups is 4. The summed E-state index contributed by atoms with van der Waals surface area (Å²) in [5.74, 6) is -1.14. The number of hydrogen-bond acceptors (Lipinski definition) is 4.